The van der Waals surface area contributed by atoms with Crippen LogP contribution in [0.1, 0.15) is 27.0 Å². The Morgan fingerprint density at radius 1 is 1.10 bits per heavy atom. The molecule has 29 heavy (non-hydrogen) atoms. The van der Waals surface area contributed by atoms with Crippen molar-refractivity contribution in [3.05, 3.63) is 71.3 Å². The topological polar surface area (TPSA) is 93.7 Å². The molecule has 0 aliphatic rings. The highest BCUT2D eigenvalue weighted by atomic mass is 32.2. The summed E-state index contributed by atoms with van der Waals surface area (Å²) in [7, 11) is 1.14. The number of hydrogen-bond acceptors (Lipinski definition) is 5. The highest BCUT2D eigenvalue weighted by Gasteiger charge is 2.15. The van der Waals surface area contributed by atoms with Gasteiger partial charge in [0.1, 0.15) is 0 Å². The van der Waals surface area contributed by atoms with Crippen LogP contribution in [0.2, 0.25) is 0 Å². The highest BCUT2D eigenvalue weighted by Crippen LogP contribution is 2.33. The summed E-state index contributed by atoms with van der Waals surface area (Å²) >= 11 is 0. The predicted molar refractivity (Wildman–Crippen MR) is 113 cm³/mol. The molecule has 0 fully saturated rings. The van der Waals surface area contributed by atoms with Gasteiger partial charge in [-0.1, -0.05) is 30.3 Å². The van der Waals surface area contributed by atoms with Gasteiger partial charge < -0.3 is 14.8 Å². The summed E-state index contributed by atoms with van der Waals surface area (Å²) in [6.45, 7) is 4.04. The first kappa shape index (κ1) is 22.4. The Bertz CT molecular complexity index is 969. The van der Waals surface area contributed by atoms with E-state index in [-0.39, 0.29) is 11.7 Å². The van der Waals surface area contributed by atoms with Crippen LogP contribution in [0.3, 0.4) is 0 Å². The first-order chi connectivity index (χ1) is 13.8. The molecular formula is C21H26N2O5S. The Morgan fingerprint density at radius 2 is 1.76 bits per heavy atom. The number of allylic oxidation sites excluding steroid dienone is 1. The van der Waals surface area contributed by atoms with Crippen LogP contribution in [0, 0.1) is 0 Å². The number of methoxy groups -OCH3 is 2. The fourth-order valence-corrected chi connectivity index (χ4v) is 3.59. The highest BCUT2D eigenvalue weighted by molar-refractivity contribution is 7.88. The zero-order valence-corrected chi connectivity index (χ0v) is 17.6. The van der Waals surface area contributed by atoms with Crippen LogP contribution in [-0.4, -0.2) is 35.6 Å². The molecule has 2 rings (SSSR count). The van der Waals surface area contributed by atoms with Crippen molar-refractivity contribution >= 4 is 15.9 Å². The van der Waals surface area contributed by atoms with Crippen molar-refractivity contribution in [1.82, 2.24) is 10.0 Å². The van der Waals surface area contributed by atoms with Crippen molar-refractivity contribution in [2.75, 3.05) is 21.3 Å². The largest absolute Gasteiger partial charge is 0.493 e. The van der Waals surface area contributed by atoms with Crippen molar-refractivity contribution in [1.29, 1.82) is 0 Å². The minimum Gasteiger partial charge on any atom is -0.493 e. The number of rotatable bonds is 10. The van der Waals surface area contributed by atoms with Gasteiger partial charge in [0, 0.05) is 17.7 Å². The van der Waals surface area contributed by atoms with Gasteiger partial charge in [-0.2, -0.15) is 0 Å². The summed E-state index contributed by atoms with van der Waals surface area (Å²) in [5.41, 5.74) is 2.79. The fourth-order valence-electron chi connectivity index (χ4n) is 2.81. The van der Waals surface area contributed by atoms with E-state index in [4.69, 9.17) is 9.47 Å². The van der Waals surface area contributed by atoms with E-state index in [2.05, 4.69) is 16.6 Å². The quantitative estimate of drug-likeness (QED) is 0.578. The maximum Gasteiger partial charge on any atom is 0.251 e. The van der Waals surface area contributed by atoms with Crippen molar-refractivity contribution in [3.8, 4) is 11.5 Å². The summed E-state index contributed by atoms with van der Waals surface area (Å²) in [6, 6.07) is 10.4. The molecule has 0 atom stereocenters. The van der Waals surface area contributed by atoms with Gasteiger partial charge in [0.2, 0.25) is 10.0 Å². The lowest BCUT2D eigenvalue weighted by Gasteiger charge is -2.14. The fraction of sp³-hybridized carbons (Fsp3) is 0.286. The molecule has 0 saturated carbocycles. The molecule has 156 valence electrons. The van der Waals surface area contributed by atoms with Gasteiger partial charge in [0.15, 0.2) is 11.5 Å². The number of nitrogens with one attached hydrogen (secondary N) is 2. The monoisotopic (exact) mass is 418 g/mol. The predicted octanol–water partition coefficient (Wildman–Crippen LogP) is 2.41. The first-order valence-corrected chi connectivity index (χ1v) is 10.6. The Labute approximate surface area is 171 Å². The van der Waals surface area contributed by atoms with Crippen molar-refractivity contribution in [2.45, 2.75) is 18.7 Å². The lowest BCUT2D eigenvalue weighted by Crippen LogP contribution is -2.23. The third kappa shape index (κ3) is 6.07. The minimum atomic E-state index is -3.32. The van der Waals surface area contributed by atoms with Crippen LogP contribution in [-0.2, 0) is 28.7 Å². The average molecular weight is 419 g/mol. The number of ether oxygens (including phenoxy) is 2. The Kier molecular flexibility index (Phi) is 7.81. The first-order valence-electron chi connectivity index (χ1n) is 8.96. The van der Waals surface area contributed by atoms with Gasteiger partial charge in [-0.3, -0.25) is 4.79 Å². The minimum absolute atomic E-state index is 0.0894. The maximum atomic E-state index is 12.6. The molecule has 7 nitrogen and oxygen atoms in total. The molecule has 0 bridgehead atoms. The van der Waals surface area contributed by atoms with Crippen LogP contribution in [0.5, 0.6) is 11.5 Å². The van der Waals surface area contributed by atoms with Crippen LogP contribution in [0.25, 0.3) is 0 Å². The average Bonchev–Trinajstić information content (AvgIpc) is 2.72. The summed E-state index contributed by atoms with van der Waals surface area (Å²) < 4.78 is 36.2. The van der Waals surface area contributed by atoms with E-state index < -0.39 is 10.0 Å². The zero-order valence-electron chi connectivity index (χ0n) is 16.8. The van der Waals surface area contributed by atoms with E-state index in [1.54, 1.807) is 49.6 Å². The second-order valence-electron chi connectivity index (χ2n) is 6.33. The molecule has 0 saturated heterocycles. The third-order valence-electron chi connectivity index (χ3n) is 4.33. The lowest BCUT2D eigenvalue weighted by molar-refractivity contribution is 0.0950. The molecule has 0 aliphatic carbocycles. The standard InChI is InChI=1S/C21H26N2O5S/c1-5-6-17-11-18(12-19(27-3)20(17)28-4)21(24)23-13-15-7-9-16(10-8-15)14-29(25,26)22-2/h5,7-12,22H,1,6,13-14H2,2-4H3,(H,23,24). The number of sulfonamides is 1. The molecule has 2 N–H and O–H groups in total. The van der Waals surface area contributed by atoms with Crippen molar-refractivity contribution in [3.63, 3.8) is 0 Å². The molecule has 2 aromatic rings. The van der Waals surface area contributed by atoms with Gasteiger partial charge in [-0.25, -0.2) is 13.1 Å². The van der Waals surface area contributed by atoms with Crippen molar-refractivity contribution in [2.24, 2.45) is 0 Å². The number of carbonyl (C=O) groups is 1. The third-order valence-corrected chi connectivity index (χ3v) is 5.66. The van der Waals surface area contributed by atoms with E-state index >= 15 is 0 Å². The summed E-state index contributed by atoms with van der Waals surface area (Å²) in [6.07, 6.45) is 2.27. The molecular weight excluding hydrogens is 392 g/mol. The second kappa shape index (κ2) is 10.1. The van der Waals surface area contributed by atoms with Gasteiger partial charge in [-0.05, 0) is 36.7 Å². The number of carbonyl (C=O) groups excluding carboxylic acids is 1. The van der Waals surface area contributed by atoms with Crippen LogP contribution in [0.15, 0.2) is 49.1 Å². The van der Waals surface area contributed by atoms with Gasteiger partial charge in [0.25, 0.3) is 5.91 Å². The maximum absolute atomic E-state index is 12.6. The molecule has 0 radical (unpaired) electrons. The summed E-state index contributed by atoms with van der Waals surface area (Å²) in [5, 5.41) is 2.86. The zero-order chi connectivity index (χ0) is 21.4. The smallest absolute Gasteiger partial charge is 0.251 e. The van der Waals surface area contributed by atoms with Crippen LogP contribution in [0.4, 0.5) is 0 Å². The second-order valence-corrected chi connectivity index (χ2v) is 8.25. The summed E-state index contributed by atoms with van der Waals surface area (Å²) in [4.78, 5) is 12.6. The molecule has 2 aromatic carbocycles. The Balaban J connectivity index is 2.10. The molecule has 8 heteroatoms. The van der Waals surface area contributed by atoms with E-state index in [0.717, 1.165) is 11.1 Å². The number of hydrogen-bond donors (Lipinski definition) is 2. The van der Waals surface area contributed by atoms with Crippen LogP contribution >= 0.6 is 0 Å². The molecule has 0 spiro atoms. The number of benzene rings is 2. The molecule has 0 heterocycles. The van der Waals surface area contributed by atoms with E-state index in [1.807, 2.05) is 0 Å². The SMILES string of the molecule is C=CCc1cc(C(=O)NCc2ccc(CS(=O)(=O)NC)cc2)cc(OC)c1OC. The van der Waals surface area contributed by atoms with Gasteiger partial charge in [0.05, 0.1) is 20.0 Å². The van der Waals surface area contributed by atoms with E-state index in [0.29, 0.717) is 35.6 Å². The Hall–Kier alpha value is -2.84. The Morgan fingerprint density at radius 3 is 2.31 bits per heavy atom. The molecule has 0 aromatic heterocycles. The molecule has 0 aliphatic heterocycles. The van der Waals surface area contributed by atoms with Crippen LogP contribution < -0.4 is 19.5 Å². The lowest BCUT2D eigenvalue weighted by atomic mass is 10.0. The number of amides is 1. The van der Waals surface area contributed by atoms with E-state index in [1.165, 1.54) is 14.2 Å². The molecule has 1 amide bonds. The summed E-state index contributed by atoms with van der Waals surface area (Å²) in [5.74, 6) is 0.717. The van der Waals surface area contributed by atoms with Gasteiger partial charge >= 0.3 is 0 Å². The van der Waals surface area contributed by atoms with Gasteiger partial charge in [-0.15, -0.1) is 6.58 Å². The molecule has 0 unspecified atom stereocenters. The van der Waals surface area contributed by atoms with E-state index in [9.17, 15) is 13.2 Å². The van der Waals surface area contributed by atoms with Crippen molar-refractivity contribution < 1.29 is 22.7 Å². The normalized spacial score (nSPS) is 11.0.